The van der Waals surface area contributed by atoms with Gasteiger partial charge < -0.3 is 14.2 Å². The van der Waals surface area contributed by atoms with E-state index in [1.807, 2.05) is 18.7 Å². The molecule has 0 amide bonds. The molecule has 1 saturated heterocycles. The smallest absolute Gasteiger partial charge is 0.216 e. The highest BCUT2D eigenvalue weighted by atomic mass is 32.2. The van der Waals surface area contributed by atoms with Crippen molar-refractivity contribution in [2.75, 3.05) is 7.11 Å². The van der Waals surface area contributed by atoms with E-state index in [0.717, 1.165) is 52.5 Å². The number of aromatic nitrogens is 1. The van der Waals surface area contributed by atoms with Crippen LogP contribution in [0.5, 0.6) is 5.88 Å². The van der Waals surface area contributed by atoms with Crippen molar-refractivity contribution >= 4 is 17.3 Å². The van der Waals surface area contributed by atoms with Crippen molar-refractivity contribution in [3.8, 4) is 5.88 Å². The number of ether oxygens (including phenoxy) is 3. The van der Waals surface area contributed by atoms with E-state index in [1.165, 1.54) is 23.3 Å². The summed E-state index contributed by atoms with van der Waals surface area (Å²) in [6, 6.07) is 34.2. The molecule has 7 rings (SSSR count). The number of allylic oxidation sites excluding steroid dienone is 1. The topological polar surface area (TPSA) is 40.6 Å². The molecule has 3 aliphatic rings. The molecule has 0 radical (unpaired) electrons. The Bertz CT molecular complexity index is 1500. The van der Waals surface area contributed by atoms with Crippen molar-refractivity contribution in [3.63, 3.8) is 0 Å². The van der Waals surface area contributed by atoms with E-state index in [-0.39, 0.29) is 12.2 Å². The van der Waals surface area contributed by atoms with E-state index in [2.05, 4.69) is 103 Å². The highest BCUT2D eigenvalue weighted by molar-refractivity contribution is 8.00. The Morgan fingerprint density at radius 1 is 0.833 bits per heavy atom. The van der Waals surface area contributed by atoms with Crippen LogP contribution in [0.1, 0.15) is 72.3 Å². The van der Waals surface area contributed by atoms with Crippen molar-refractivity contribution in [2.24, 2.45) is 5.92 Å². The minimum Gasteiger partial charge on any atom is -0.481 e. The van der Waals surface area contributed by atoms with Gasteiger partial charge in [0, 0.05) is 34.1 Å². The van der Waals surface area contributed by atoms with Gasteiger partial charge in [0.25, 0.3) is 0 Å². The molecule has 4 aromatic rings. The van der Waals surface area contributed by atoms with Crippen LogP contribution in [0.25, 0.3) is 5.57 Å². The maximum atomic E-state index is 6.91. The first-order chi connectivity index (χ1) is 20.6. The zero-order chi connectivity index (χ0) is 28.5. The Morgan fingerprint density at radius 2 is 1.48 bits per heavy atom. The largest absolute Gasteiger partial charge is 0.481 e. The molecule has 0 N–H and O–H groups in total. The molecule has 2 saturated carbocycles. The molecule has 0 unspecified atom stereocenters. The molecule has 214 valence electrons. The Morgan fingerprint density at radius 3 is 2.07 bits per heavy atom. The lowest BCUT2D eigenvalue weighted by Gasteiger charge is -2.23. The minimum atomic E-state index is -0.615. The molecule has 1 aromatic heterocycles. The molecular formula is C37H37NO3S. The normalized spacial score (nSPS) is 23.4. The summed E-state index contributed by atoms with van der Waals surface area (Å²) in [6.07, 6.45) is 7.42. The maximum Gasteiger partial charge on any atom is 0.216 e. The number of thioether (sulfide) groups is 1. The van der Waals surface area contributed by atoms with Gasteiger partial charge in [-0.05, 0) is 67.0 Å². The van der Waals surface area contributed by atoms with Gasteiger partial charge in [-0.3, -0.25) is 0 Å². The number of nitrogens with zero attached hydrogens (tertiary/aromatic N) is 1. The van der Waals surface area contributed by atoms with E-state index < -0.39 is 5.79 Å². The van der Waals surface area contributed by atoms with Gasteiger partial charge in [0.15, 0.2) is 5.79 Å². The molecule has 2 heterocycles. The third-order valence-electron chi connectivity index (χ3n) is 8.60. The average molecular weight is 576 g/mol. The second kappa shape index (κ2) is 11.7. The van der Waals surface area contributed by atoms with Crippen molar-refractivity contribution in [1.29, 1.82) is 0 Å². The molecular weight excluding hydrogens is 538 g/mol. The van der Waals surface area contributed by atoms with Gasteiger partial charge in [-0.15, -0.1) is 11.8 Å². The fourth-order valence-corrected chi connectivity index (χ4v) is 7.32. The van der Waals surface area contributed by atoms with E-state index in [9.17, 15) is 0 Å². The first-order valence-corrected chi connectivity index (χ1v) is 15.9. The van der Waals surface area contributed by atoms with Crippen molar-refractivity contribution in [3.05, 3.63) is 131 Å². The van der Waals surface area contributed by atoms with Gasteiger partial charge in [-0.25, -0.2) is 4.98 Å². The van der Waals surface area contributed by atoms with E-state index in [0.29, 0.717) is 11.8 Å². The lowest BCUT2D eigenvalue weighted by Crippen LogP contribution is -2.26. The molecule has 0 bridgehead atoms. The summed E-state index contributed by atoms with van der Waals surface area (Å²) >= 11 is 1.99. The highest BCUT2D eigenvalue weighted by Gasteiger charge is 2.52. The third kappa shape index (κ3) is 5.78. The standard InChI is InChI=1S/C37H37NO3S/c1-25-13-20-33(38-36(25)39-2)32(27-14-16-30(17-15-27)42-31-18-19-31)23-26-21-22-37(24-26)40-34(28-9-5-3-6-10-28)35(41-37)29-11-7-4-8-12-29/h3-17,20,23,26,31,34-35H,18-19,21-22,24H2,1-2H3/b32-23+/t26-,34-,35-/m1/s1. The van der Waals surface area contributed by atoms with Gasteiger partial charge >= 0.3 is 0 Å². The molecule has 3 atom stereocenters. The average Bonchev–Trinajstić information content (AvgIpc) is 3.65. The van der Waals surface area contributed by atoms with Crippen LogP contribution in [-0.4, -0.2) is 23.1 Å². The molecule has 4 nitrogen and oxygen atoms in total. The van der Waals surface area contributed by atoms with Crippen LogP contribution in [0, 0.1) is 12.8 Å². The van der Waals surface area contributed by atoms with Crippen LogP contribution in [0.2, 0.25) is 0 Å². The molecule has 42 heavy (non-hydrogen) atoms. The highest BCUT2D eigenvalue weighted by Crippen LogP contribution is 2.54. The fourth-order valence-electron chi connectivity index (χ4n) is 6.27. The SMILES string of the molecule is COc1nc(/C(=C/[C@H]2CCC3(C2)O[C@H](c2ccccc2)[C@@H](c2ccccc2)O3)c2ccc(SC3CC3)cc2)ccc1C. The van der Waals surface area contributed by atoms with Crippen LogP contribution in [0.15, 0.2) is 108 Å². The summed E-state index contributed by atoms with van der Waals surface area (Å²) in [5.74, 6) is 0.345. The lowest BCUT2D eigenvalue weighted by molar-refractivity contribution is -0.171. The monoisotopic (exact) mass is 575 g/mol. The first kappa shape index (κ1) is 27.5. The van der Waals surface area contributed by atoms with Gasteiger partial charge in [-0.2, -0.15) is 0 Å². The van der Waals surface area contributed by atoms with Gasteiger partial charge in [0.05, 0.1) is 12.8 Å². The third-order valence-corrected chi connectivity index (χ3v) is 9.95. The maximum absolute atomic E-state index is 6.91. The number of pyridine rings is 1. The molecule has 3 aromatic carbocycles. The number of hydrogen-bond donors (Lipinski definition) is 0. The van der Waals surface area contributed by atoms with Crippen LogP contribution < -0.4 is 4.74 Å². The van der Waals surface area contributed by atoms with Crippen LogP contribution in [0.3, 0.4) is 0 Å². The summed E-state index contributed by atoms with van der Waals surface area (Å²) in [6.45, 7) is 2.03. The number of aryl methyl sites for hydroxylation is 1. The number of rotatable bonds is 8. The molecule has 3 fully saturated rings. The van der Waals surface area contributed by atoms with Crippen LogP contribution in [-0.2, 0) is 9.47 Å². The fraction of sp³-hybridized carbons (Fsp3) is 0.324. The Hall–Kier alpha value is -3.38. The summed E-state index contributed by atoms with van der Waals surface area (Å²) in [5, 5.41) is 0.786. The van der Waals surface area contributed by atoms with E-state index in [4.69, 9.17) is 19.2 Å². The predicted molar refractivity (Wildman–Crippen MR) is 169 cm³/mol. The first-order valence-electron chi connectivity index (χ1n) is 15.1. The summed E-state index contributed by atoms with van der Waals surface area (Å²) < 4.78 is 19.4. The Kier molecular flexibility index (Phi) is 7.66. The molecule has 1 aliphatic heterocycles. The summed E-state index contributed by atoms with van der Waals surface area (Å²) in [7, 11) is 1.69. The van der Waals surface area contributed by atoms with E-state index in [1.54, 1.807) is 7.11 Å². The van der Waals surface area contributed by atoms with E-state index >= 15 is 0 Å². The quantitative estimate of drug-likeness (QED) is 0.210. The molecule has 2 aliphatic carbocycles. The van der Waals surface area contributed by atoms with Crippen molar-refractivity contribution < 1.29 is 14.2 Å². The number of hydrogen-bond acceptors (Lipinski definition) is 5. The molecule has 1 spiro atoms. The Balaban J connectivity index is 1.20. The Labute approximate surface area is 253 Å². The minimum absolute atomic E-state index is 0.143. The lowest BCUT2D eigenvalue weighted by atomic mass is 9.95. The van der Waals surface area contributed by atoms with Crippen molar-refractivity contribution in [1.82, 2.24) is 4.98 Å². The predicted octanol–water partition coefficient (Wildman–Crippen LogP) is 9.11. The zero-order valence-corrected chi connectivity index (χ0v) is 25.1. The summed E-state index contributed by atoms with van der Waals surface area (Å²) in [5.41, 5.74) is 6.58. The zero-order valence-electron chi connectivity index (χ0n) is 24.2. The second-order valence-corrected chi connectivity index (χ2v) is 13.1. The molecule has 5 heteroatoms. The van der Waals surface area contributed by atoms with Gasteiger partial charge in [-0.1, -0.05) is 84.9 Å². The second-order valence-electron chi connectivity index (χ2n) is 11.8. The number of benzene rings is 3. The van der Waals surface area contributed by atoms with Crippen LogP contribution in [0.4, 0.5) is 0 Å². The van der Waals surface area contributed by atoms with Gasteiger partial charge in [0.1, 0.15) is 12.2 Å². The van der Waals surface area contributed by atoms with Crippen molar-refractivity contribution in [2.45, 2.75) is 67.2 Å². The summed E-state index contributed by atoms with van der Waals surface area (Å²) in [4.78, 5) is 6.26. The van der Waals surface area contributed by atoms with Gasteiger partial charge in [0.2, 0.25) is 5.88 Å². The van der Waals surface area contributed by atoms with Crippen LogP contribution >= 0.6 is 11.8 Å². The number of methoxy groups -OCH3 is 1.